The van der Waals surface area contributed by atoms with Crippen LogP contribution in [0.25, 0.3) is 10.9 Å². The van der Waals surface area contributed by atoms with Gasteiger partial charge in [0.05, 0.1) is 5.52 Å². The lowest BCUT2D eigenvalue weighted by Crippen LogP contribution is -2.35. The summed E-state index contributed by atoms with van der Waals surface area (Å²) in [5.74, 6) is 0. The Balaban J connectivity index is 1.89. The standard InChI is InChI=1S/C13H16ClN3/c14-13-11-6-3-4-9(12(11)16-17-13)8-10-5-1-2-7-15-10/h3-4,6,10,15H,1-2,5,7-8H2,(H,16,17). The normalized spacial score (nSPS) is 20.9. The average Bonchev–Trinajstić information content (AvgIpc) is 2.74. The van der Waals surface area contributed by atoms with Gasteiger partial charge in [-0.15, -0.1) is 0 Å². The molecule has 1 aromatic carbocycles. The SMILES string of the molecule is Clc1[nH]nc2c(CC3CCCCN3)cccc12. The number of nitrogens with one attached hydrogen (secondary N) is 2. The van der Waals surface area contributed by atoms with E-state index < -0.39 is 0 Å². The highest BCUT2D eigenvalue weighted by Gasteiger charge is 2.15. The summed E-state index contributed by atoms with van der Waals surface area (Å²) in [6, 6.07) is 6.81. The fraction of sp³-hybridized carbons (Fsp3) is 0.462. The molecule has 2 heterocycles. The van der Waals surface area contributed by atoms with Gasteiger partial charge in [0.1, 0.15) is 5.15 Å². The molecule has 0 saturated carbocycles. The number of aromatic amines is 1. The molecule has 1 aliphatic heterocycles. The summed E-state index contributed by atoms with van der Waals surface area (Å²) in [5, 5.41) is 12.4. The van der Waals surface area contributed by atoms with Gasteiger partial charge in [-0.1, -0.05) is 30.2 Å². The lowest BCUT2D eigenvalue weighted by Gasteiger charge is -2.23. The zero-order valence-electron chi connectivity index (χ0n) is 9.67. The molecule has 1 fully saturated rings. The number of nitrogens with zero attached hydrogens (tertiary/aromatic N) is 1. The number of benzene rings is 1. The Bertz CT molecular complexity index is 514. The van der Waals surface area contributed by atoms with E-state index >= 15 is 0 Å². The van der Waals surface area contributed by atoms with Crippen molar-refractivity contribution in [2.45, 2.75) is 31.7 Å². The number of H-pyrrole nitrogens is 1. The van der Waals surface area contributed by atoms with E-state index in [1.165, 1.54) is 24.8 Å². The van der Waals surface area contributed by atoms with Gasteiger partial charge < -0.3 is 5.32 Å². The van der Waals surface area contributed by atoms with Gasteiger partial charge in [-0.05, 0) is 37.4 Å². The minimum Gasteiger partial charge on any atom is -0.314 e. The first kappa shape index (κ1) is 11.1. The molecule has 0 bridgehead atoms. The van der Waals surface area contributed by atoms with Gasteiger partial charge in [0.15, 0.2) is 0 Å². The molecule has 17 heavy (non-hydrogen) atoms. The van der Waals surface area contributed by atoms with Gasteiger partial charge in [-0.25, -0.2) is 0 Å². The van der Waals surface area contributed by atoms with Crippen LogP contribution in [0.3, 0.4) is 0 Å². The molecule has 0 amide bonds. The van der Waals surface area contributed by atoms with Crippen LogP contribution in [0.4, 0.5) is 0 Å². The van der Waals surface area contributed by atoms with Crippen molar-refractivity contribution < 1.29 is 0 Å². The summed E-state index contributed by atoms with van der Waals surface area (Å²) in [6.07, 6.45) is 4.93. The highest BCUT2D eigenvalue weighted by atomic mass is 35.5. The molecule has 0 spiro atoms. The highest BCUT2D eigenvalue weighted by Crippen LogP contribution is 2.24. The van der Waals surface area contributed by atoms with Crippen molar-refractivity contribution in [2.75, 3.05) is 6.54 Å². The molecule has 1 aliphatic rings. The maximum absolute atomic E-state index is 6.05. The maximum Gasteiger partial charge on any atom is 0.132 e. The molecule has 0 radical (unpaired) electrons. The molecule has 2 N–H and O–H groups in total. The second-order valence-corrected chi connectivity index (χ2v) is 5.08. The van der Waals surface area contributed by atoms with Crippen molar-refractivity contribution >= 4 is 22.5 Å². The van der Waals surface area contributed by atoms with Gasteiger partial charge in [-0.2, -0.15) is 5.10 Å². The van der Waals surface area contributed by atoms with Gasteiger partial charge in [0.2, 0.25) is 0 Å². The molecule has 90 valence electrons. The number of rotatable bonds is 2. The number of piperidine rings is 1. The minimum atomic E-state index is 0.588. The largest absolute Gasteiger partial charge is 0.314 e. The molecule has 3 nitrogen and oxygen atoms in total. The number of halogens is 1. The third kappa shape index (κ3) is 2.17. The molecule has 1 atom stereocenters. The Hall–Kier alpha value is -1.06. The average molecular weight is 250 g/mol. The molecule has 2 aromatic rings. The molecule has 1 aromatic heterocycles. The number of aromatic nitrogens is 2. The fourth-order valence-electron chi connectivity index (χ4n) is 2.59. The van der Waals surface area contributed by atoms with Crippen molar-refractivity contribution in [2.24, 2.45) is 0 Å². The zero-order chi connectivity index (χ0) is 11.7. The highest BCUT2D eigenvalue weighted by molar-refractivity contribution is 6.34. The van der Waals surface area contributed by atoms with E-state index in [0.29, 0.717) is 11.2 Å². The minimum absolute atomic E-state index is 0.588. The van der Waals surface area contributed by atoms with Crippen LogP contribution in [-0.2, 0) is 6.42 Å². The van der Waals surface area contributed by atoms with Crippen LogP contribution in [0, 0.1) is 0 Å². The predicted molar refractivity (Wildman–Crippen MR) is 70.4 cm³/mol. The fourth-order valence-corrected chi connectivity index (χ4v) is 2.79. The van der Waals surface area contributed by atoms with Crippen molar-refractivity contribution in [1.29, 1.82) is 0 Å². The van der Waals surface area contributed by atoms with Crippen LogP contribution in [-0.4, -0.2) is 22.8 Å². The van der Waals surface area contributed by atoms with Crippen LogP contribution < -0.4 is 5.32 Å². The van der Waals surface area contributed by atoms with E-state index in [0.717, 1.165) is 23.9 Å². The van der Waals surface area contributed by atoms with E-state index in [1.807, 2.05) is 6.07 Å². The topological polar surface area (TPSA) is 40.7 Å². The van der Waals surface area contributed by atoms with E-state index in [4.69, 9.17) is 11.6 Å². The van der Waals surface area contributed by atoms with Crippen LogP contribution >= 0.6 is 11.6 Å². The molecule has 3 rings (SSSR count). The van der Waals surface area contributed by atoms with Gasteiger partial charge in [0.25, 0.3) is 0 Å². The lowest BCUT2D eigenvalue weighted by atomic mass is 9.97. The first-order valence-corrected chi connectivity index (χ1v) is 6.57. The summed E-state index contributed by atoms with van der Waals surface area (Å²) in [7, 11) is 0. The molecule has 4 heteroatoms. The number of hydrogen-bond acceptors (Lipinski definition) is 2. The second kappa shape index (κ2) is 4.67. The van der Waals surface area contributed by atoms with Gasteiger partial charge in [-0.3, -0.25) is 5.10 Å². The lowest BCUT2D eigenvalue weighted by molar-refractivity contribution is 0.400. The predicted octanol–water partition coefficient (Wildman–Crippen LogP) is 2.90. The van der Waals surface area contributed by atoms with Gasteiger partial charge in [0, 0.05) is 11.4 Å². The molecule has 1 saturated heterocycles. The van der Waals surface area contributed by atoms with Gasteiger partial charge >= 0.3 is 0 Å². The van der Waals surface area contributed by atoms with E-state index in [2.05, 4.69) is 27.6 Å². The van der Waals surface area contributed by atoms with E-state index in [9.17, 15) is 0 Å². The number of para-hydroxylation sites is 1. The Kier molecular flexibility index (Phi) is 3.04. The van der Waals surface area contributed by atoms with E-state index in [-0.39, 0.29) is 0 Å². The zero-order valence-corrected chi connectivity index (χ0v) is 10.4. The van der Waals surface area contributed by atoms with Crippen molar-refractivity contribution in [3.05, 3.63) is 28.9 Å². The molecule has 1 unspecified atom stereocenters. The Morgan fingerprint density at radius 2 is 2.29 bits per heavy atom. The van der Waals surface area contributed by atoms with Crippen LogP contribution in [0.15, 0.2) is 18.2 Å². The van der Waals surface area contributed by atoms with Crippen LogP contribution in [0.5, 0.6) is 0 Å². The monoisotopic (exact) mass is 249 g/mol. The Morgan fingerprint density at radius 3 is 3.12 bits per heavy atom. The summed E-state index contributed by atoms with van der Waals surface area (Å²) >= 11 is 6.05. The molecule has 0 aliphatic carbocycles. The first-order chi connectivity index (χ1) is 8.34. The third-order valence-electron chi connectivity index (χ3n) is 3.50. The summed E-state index contributed by atoms with van der Waals surface area (Å²) in [6.45, 7) is 1.14. The van der Waals surface area contributed by atoms with Crippen molar-refractivity contribution in [3.8, 4) is 0 Å². The smallest absolute Gasteiger partial charge is 0.132 e. The second-order valence-electron chi connectivity index (χ2n) is 4.70. The quantitative estimate of drug-likeness (QED) is 0.859. The molecular formula is C13H16ClN3. The number of fused-ring (bicyclic) bond motifs is 1. The molecular weight excluding hydrogens is 234 g/mol. The van der Waals surface area contributed by atoms with E-state index in [1.54, 1.807) is 0 Å². The maximum atomic E-state index is 6.05. The van der Waals surface area contributed by atoms with Crippen molar-refractivity contribution in [3.63, 3.8) is 0 Å². The summed E-state index contributed by atoms with van der Waals surface area (Å²) in [4.78, 5) is 0. The van der Waals surface area contributed by atoms with Crippen LogP contribution in [0.2, 0.25) is 5.15 Å². The Morgan fingerprint density at radius 1 is 1.35 bits per heavy atom. The Labute approximate surface area is 106 Å². The first-order valence-electron chi connectivity index (χ1n) is 6.19. The number of hydrogen-bond donors (Lipinski definition) is 2. The van der Waals surface area contributed by atoms with Crippen LogP contribution in [0.1, 0.15) is 24.8 Å². The summed E-state index contributed by atoms with van der Waals surface area (Å²) in [5.41, 5.74) is 2.30. The summed E-state index contributed by atoms with van der Waals surface area (Å²) < 4.78 is 0. The van der Waals surface area contributed by atoms with Crippen molar-refractivity contribution in [1.82, 2.24) is 15.5 Å². The third-order valence-corrected chi connectivity index (χ3v) is 3.79.